The molecule has 0 saturated heterocycles. The van der Waals surface area contributed by atoms with E-state index in [4.69, 9.17) is 9.47 Å². The van der Waals surface area contributed by atoms with Crippen LogP contribution in [-0.4, -0.2) is 31.0 Å². The molecular formula is C25H22N2O4S. The first-order valence-corrected chi connectivity index (χ1v) is 12.0. The smallest absolute Gasteiger partial charge is 0.244 e. The van der Waals surface area contributed by atoms with Crippen LogP contribution in [0.15, 0.2) is 71.6 Å². The Morgan fingerprint density at radius 3 is 2.59 bits per heavy atom. The van der Waals surface area contributed by atoms with Gasteiger partial charge in [-0.25, -0.2) is 8.42 Å². The van der Waals surface area contributed by atoms with Gasteiger partial charge >= 0.3 is 0 Å². The van der Waals surface area contributed by atoms with E-state index < -0.39 is 16.1 Å². The molecule has 0 spiro atoms. The standard InChI is InChI=1S/C25H22N2O4S/c1-16-6-9-18(10-7-16)32(28,29)27-13-12-20-19-4-2-3-5-21(19)26-24(20)25(27)17-8-11-22-23(14-17)31-15-30-22/h2-11,14,25-26H,12-13,15H2,1H3. The van der Waals surface area contributed by atoms with Gasteiger partial charge in [0.15, 0.2) is 11.5 Å². The van der Waals surface area contributed by atoms with Crippen molar-refractivity contribution < 1.29 is 17.9 Å². The fourth-order valence-electron chi connectivity index (χ4n) is 4.74. The SMILES string of the molecule is Cc1ccc(S(=O)(=O)N2CCc3c([nH]c4ccccc34)C2c2ccc3c(c2)OCO3)cc1. The molecule has 3 heterocycles. The summed E-state index contributed by atoms with van der Waals surface area (Å²) in [5.74, 6) is 1.31. The van der Waals surface area contributed by atoms with Crippen molar-refractivity contribution in [3.05, 3.63) is 89.1 Å². The second kappa shape index (κ2) is 7.12. The van der Waals surface area contributed by atoms with Crippen molar-refractivity contribution in [1.29, 1.82) is 0 Å². The number of para-hydroxylation sites is 1. The summed E-state index contributed by atoms with van der Waals surface area (Å²) in [7, 11) is -3.73. The number of H-pyrrole nitrogens is 1. The number of aromatic nitrogens is 1. The average molecular weight is 447 g/mol. The summed E-state index contributed by atoms with van der Waals surface area (Å²) >= 11 is 0. The summed E-state index contributed by atoms with van der Waals surface area (Å²) in [5, 5.41) is 1.14. The number of nitrogens with zero attached hydrogens (tertiary/aromatic N) is 1. The summed E-state index contributed by atoms with van der Waals surface area (Å²) in [6, 6.07) is 20.3. The lowest BCUT2D eigenvalue weighted by Gasteiger charge is -2.35. The largest absolute Gasteiger partial charge is 0.454 e. The maximum absolute atomic E-state index is 13.8. The summed E-state index contributed by atoms with van der Waals surface area (Å²) in [4.78, 5) is 3.82. The van der Waals surface area contributed by atoms with E-state index in [0.29, 0.717) is 29.4 Å². The molecule has 2 aliphatic heterocycles. The van der Waals surface area contributed by atoms with Gasteiger partial charge in [-0.3, -0.25) is 0 Å². The molecule has 7 heteroatoms. The van der Waals surface area contributed by atoms with Crippen molar-refractivity contribution >= 4 is 20.9 Å². The fourth-order valence-corrected chi connectivity index (χ4v) is 6.33. The van der Waals surface area contributed by atoms with E-state index in [9.17, 15) is 8.42 Å². The lowest BCUT2D eigenvalue weighted by Crippen LogP contribution is -2.40. The van der Waals surface area contributed by atoms with Crippen LogP contribution in [0.25, 0.3) is 10.9 Å². The summed E-state index contributed by atoms with van der Waals surface area (Å²) in [5.41, 5.74) is 4.95. The van der Waals surface area contributed by atoms with Crippen LogP contribution in [0.1, 0.15) is 28.4 Å². The Kier molecular flexibility index (Phi) is 4.31. The van der Waals surface area contributed by atoms with Crippen LogP contribution in [0.4, 0.5) is 0 Å². The number of nitrogens with one attached hydrogen (secondary N) is 1. The highest BCUT2D eigenvalue weighted by atomic mass is 32.2. The first kappa shape index (κ1) is 19.4. The molecule has 0 radical (unpaired) electrons. The predicted molar refractivity (Wildman–Crippen MR) is 121 cm³/mol. The molecule has 3 aromatic carbocycles. The summed E-state index contributed by atoms with van der Waals surface area (Å²) in [6.45, 7) is 2.51. The molecular weight excluding hydrogens is 424 g/mol. The minimum absolute atomic E-state index is 0.173. The van der Waals surface area contributed by atoms with Gasteiger partial charge in [-0.05, 0) is 54.8 Å². The Bertz CT molecular complexity index is 1440. The van der Waals surface area contributed by atoms with E-state index in [1.807, 2.05) is 55.5 Å². The van der Waals surface area contributed by atoms with Crippen LogP contribution in [0.3, 0.4) is 0 Å². The number of aryl methyl sites for hydroxylation is 1. The van der Waals surface area contributed by atoms with E-state index in [2.05, 4.69) is 11.1 Å². The first-order chi connectivity index (χ1) is 15.5. The first-order valence-electron chi connectivity index (χ1n) is 10.6. The van der Waals surface area contributed by atoms with Gasteiger partial charge in [0, 0.05) is 23.1 Å². The molecule has 1 aromatic heterocycles. The Balaban J connectivity index is 1.55. The van der Waals surface area contributed by atoms with Gasteiger partial charge in [0.1, 0.15) is 0 Å². The molecule has 1 atom stereocenters. The van der Waals surface area contributed by atoms with E-state index in [-0.39, 0.29) is 6.79 Å². The third kappa shape index (κ3) is 2.92. The highest BCUT2D eigenvalue weighted by molar-refractivity contribution is 7.89. The van der Waals surface area contributed by atoms with Crippen molar-refractivity contribution in [2.45, 2.75) is 24.3 Å². The van der Waals surface area contributed by atoms with Crippen molar-refractivity contribution in [2.75, 3.05) is 13.3 Å². The minimum atomic E-state index is -3.73. The van der Waals surface area contributed by atoms with E-state index in [1.165, 1.54) is 5.56 Å². The number of rotatable bonds is 3. The molecule has 0 amide bonds. The number of benzene rings is 3. The van der Waals surface area contributed by atoms with Crippen molar-refractivity contribution in [1.82, 2.24) is 9.29 Å². The minimum Gasteiger partial charge on any atom is -0.454 e. The van der Waals surface area contributed by atoms with Gasteiger partial charge in [0.05, 0.1) is 10.9 Å². The van der Waals surface area contributed by atoms with Crippen LogP contribution >= 0.6 is 0 Å². The highest BCUT2D eigenvalue weighted by Crippen LogP contribution is 2.43. The quantitative estimate of drug-likeness (QED) is 0.502. The van der Waals surface area contributed by atoms with Crippen LogP contribution in [0.2, 0.25) is 0 Å². The number of hydrogen-bond acceptors (Lipinski definition) is 4. The van der Waals surface area contributed by atoms with Crippen molar-refractivity contribution in [3.63, 3.8) is 0 Å². The normalized spacial score (nSPS) is 18.1. The van der Waals surface area contributed by atoms with Gasteiger partial charge < -0.3 is 14.5 Å². The molecule has 1 unspecified atom stereocenters. The third-order valence-corrected chi connectivity index (χ3v) is 8.21. The maximum atomic E-state index is 13.8. The van der Waals surface area contributed by atoms with E-state index in [1.54, 1.807) is 16.4 Å². The molecule has 6 rings (SSSR count). The second-order valence-electron chi connectivity index (χ2n) is 8.26. The number of ether oxygens (including phenoxy) is 2. The monoisotopic (exact) mass is 446 g/mol. The predicted octanol–water partition coefficient (Wildman–Crippen LogP) is 4.54. The molecule has 6 nitrogen and oxygen atoms in total. The van der Waals surface area contributed by atoms with Crippen LogP contribution < -0.4 is 9.47 Å². The fraction of sp³-hybridized carbons (Fsp3) is 0.200. The molecule has 0 bridgehead atoms. The van der Waals surface area contributed by atoms with Crippen LogP contribution in [0.5, 0.6) is 11.5 Å². The average Bonchev–Trinajstić information content (AvgIpc) is 3.42. The second-order valence-corrected chi connectivity index (χ2v) is 10.1. The molecule has 0 saturated carbocycles. The molecule has 1 N–H and O–H groups in total. The van der Waals surface area contributed by atoms with Crippen LogP contribution in [-0.2, 0) is 16.4 Å². The van der Waals surface area contributed by atoms with E-state index >= 15 is 0 Å². The summed E-state index contributed by atoms with van der Waals surface area (Å²) in [6.07, 6.45) is 0.644. The molecule has 32 heavy (non-hydrogen) atoms. The van der Waals surface area contributed by atoms with Crippen molar-refractivity contribution in [3.8, 4) is 11.5 Å². The number of sulfonamides is 1. The lowest BCUT2D eigenvalue weighted by atomic mass is 9.94. The van der Waals surface area contributed by atoms with Gasteiger partial charge in [-0.15, -0.1) is 0 Å². The Morgan fingerprint density at radius 2 is 1.75 bits per heavy atom. The van der Waals surface area contributed by atoms with E-state index in [0.717, 1.165) is 27.7 Å². The van der Waals surface area contributed by atoms with Gasteiger partial charge in [-0.1, -0.05) is 42.0 Å². The topological polar surface area (TPSA) is 71.6 Å². The Morgan fingerprint density at radius 1 is 0.969 bits per heavy atom. The maximum Gasteiger partial charge on any atom is 0.244 e. The Hall–Kier alpha value is -3.29. The molecule has 0 aliphatic carbocycles. The zero-order valence-corrected chi connectivity index (χ0v) is 18.4. The molecule has 0 fully saturated rings. The summed E-state index contributed by atoms with van der Waals surface area (Å²) < 4.78 is 40.3. The third-order valence-electron chi connectivity index (χ3n) is 6.33. The highest BCUT2D eigenvalue weighted by Gasteiger charge is 2.39. The number of aromatic amines is 1. The number of hydrogen-bond donors (Lipinski definition) is 1. The molecule has 2 aliphatic rings. The lowest BCUT2D eigenvalue weighted by molar-refractivity contribution is 0.174. The van der Waals surface area contributed by atoms with Gasteiger partial charge in [0.2, 0.25) is 16.8 Å². The number of fused-ring (bicyclic) bond motifs is 4. The van der Waals surface area contributed by atoms with Gasteiger partial charge in [-0.2, -0.15) is 4.31 Å². The zero-order chi connectivity index (χ0) is 21.9. The zero-order valence-electron chi connectivity index (χ0n) is 17.5. The van der Waals surface area contributed by atoms with Gasteiger partial charge in [0.25, 0.3) is 0 Å². The molecule has 4 aromatic rings. The van der Waals surface area contributed by atoms with Crippen LogP contribution in [0, 0.1) is 6.92 Å². The van der Waals surface area contributed by atoms with Crippen molar-refractivity contribution in [2.24, 2.45) is 0 Å². The molecule has 162 valence electrons. The Labute approximate surface area is 186 Å².